The van der Waals surface area contributed by atoms with Crippen molar-refractivity contribution >= 4 is 58.3 Å². The number of rotatable bonds is 11. The molecule has 1 heterocycles. The van der Waals surface area contributed by atoms with Gasteiger partial charge in [-0.05, 0) is 41.3 Å². The minimum Gasteiger partial charge on any atom is -0.325 e. The Morgan fingerprint density at radius 2 is 1.91 bits per heavy atom. The van der Waals surface area contributed by atoms with Gasteiger partial charge < -0.3 is 9.88 Å². The number of hydrogen-bond acceptors (Lipinski definition) is 5. The Bertz CT molecular complexity index is 1100. The number of benzene rings is 2. The number of allylic oxidation sites excluding steroid dienone is 1. The van der Waals surface area contributed by atoms with E-state index in [0.29, 0.717) is 33.4 Å². The van der Waals surface area contributed by atoms with E-state index >= 15 is 0 Å². The number of halogens is 2. The molecule has 0 aliphatic carbocycles. The highest BCUT2D eigenvalue weighted by atomic mass is 35.5. The van der Waals surface area contributed by atoms with E-state index in [1.165, 1.54) is 17.3 Å². The highest BCUT2D eigenvalue weighted by molar-refractivity contribution is 7.99. The maximum atomic E-state index is 12.4. The quantitative estimate of drug-likeness (QED) is 0.216. The van der Waals surface area contributed by atoms with Gasteiger partial charge >= 0.3 is 0 Å². The summed E-state index contributed by atoms with van der Waals surface area (Å²) in [5.74, 6) is 2.84. The molecule has 2 aromatic carbocycles. The first kappa shape index (κ1) is 25.7. The van der Waals surface area contributed by atoms with Crippen LogP contribution >= 0.6 is 46.7 Å². The van der Waals surface area contributed by atoms with Gasteiger partial charge in [0.2, 0.25) is 5.91 Å². The summed E-state index contributed by atoms with van der Waals surface area (Å²) in [4.78, 5) is 12.4. The number of thioether (sulfide) groups is 2. The van der Waals surface area contributed by atoms with Crippen LogP contribution in [-0.4, -0.2) is 26.4 Å². The molecule has 0 aliphatic heterocycles. The molecule has 0 saturated heterocycles. The monoisotopic (exact) mass is 520 g/mol. The van der Waals surface area contributed by atoms with Crippen molar-refractivity contribution in [2.75, 3.05) is 11.1 Å². The molecule has 174 valence electrons. The fraction of sp³-hybridized carbons (Fsp3) is 0.292. The molecule has 9 heteroatoms. The molecule has 3 aromatic rings. The van der Waals surface area contributed by atoms with Gasteiger partial charge in [0.05, 0.1) is 11.5 Å². The smallest absolute Gasteiger partial charge is 0.234 e. The summed E-state index contributed by atoms with van der Waals surface area (Å²) in [5, 5.41) is 13.5. The second-order valence-electron chi connectivity index (χ2n) is 7.64. The van der Waals surface area contributed by atoms with Crippen LogP contribution in [0.5, 0.6) is 0 Å². The zero-order valence-corrected chi connectivity index (χ0v) is 21.7. The molecule has 33 heavy (non-hydrogen) atoms. The second-order valence-corrected chi connectivity index (χ2v) is 10.4. The van der Waals surface area contributed by atoms with Crippen LogP contribution in [0.1, 0.15) is 36.7 Å². The number of nitrogens with one attached hydrogen (secondary N) is 1. The first-order valence-corrected chi connectivity index (χ1v) is 13.3. The predicted molar refractivity (Wildman–Crippen MR) is 142 cm³/mol. The molecule has 1 N–H and O–H groups in total. The van der Waals surface area contributed by atoms with E-state index in [4.69, 9.17) is 23.2 Å². The molecule has 0 spiro atoms. The zero-order valence-electron chi connectivity index (χ0n) is 18.6. The molecule has 5 nitrogen and oxygen atoms in total. The van der Waals surface area contributed by atoms with E-state index in [-0.39, 0.29) is 11.7 Å². The van der Waals surface area contributed by atoms with E-state index in [1.54, 1.807) is 23.9 Å². The number of hydrogen-bond donors (Lipinski definition) is 1. The Kier molecular flexibility index (Phi) is 9.74. The van der Waals surface area contributed by atoms with Gasteiger partial charge in [-0.25, -0.2) is 0 Å². The Labute approximate surface area is 213 Å². The molecule has 0 saturated carbocycles. The number of carbonyl (C=O) groups excluding carboxylic acids is 1. The van der Waals surface area contributed by atoms with E-state index < -0.39 is 0 Å². The molecule has 1 amide bonds. The van der Waals surface area contributed by atoms with Crippen LogP contribution in [0.2, 0.25) is 10.0 Å². The predicted octanol–water partition coefficient (Wildman–Crippen LogP) is 7.06. The summed E-state index contributed by atoms with van der Waals surface area (Å²) in [6, 6.07) is 13.5. The molecule has 0 aliphatic rings. The van der Waals surface area contributed by atoms with Crippen LogP contribution in [0, 0.1) is 0 Å². The van der Waals surface area contributed by atoms with Crippen molar-refractivity contribution in [2.24, 2.45) is 0 Å². The highest BCUT2D eigenvalue weighted by Crippen LogP contribution is 2.27. The highest BCUT2D eigenvalue weighted by Gasteiger charge is 2.14. The minimum atomic E-state index is -0.0845. The lowest BCUT2D eigenvalue weighted by Crippen LogP contribution is -2.14. The summed E-state index contributed by atoms with van der Waals surface area (Å²) in [5.41, 5.74) is 3.05. The summed E-state index contributed by atoms with van der Waals surface area (Å²) < 4.78 is 1.98. The van der Waals surface area contributed by atoms with Gasteiger partial charge in [-0.3, -0.25) is 4.79 Å². The average Bonchev–Trinajstić information content (AvgIpc) is 3.16. The molecule has 0 bridgehead atoms. The first-order chi connectivity index (χ1) is 15.9. The Hall–Kier alpha value is -1.93. The Morgan fingerprint density at radius 3 is 2.58 bits per heavy atom. The summed E-state index contributed by atoms with van der Waals surface area (Å²) in [6.45, 7) is 8.69. The number of carbonyl (C=O) groups is 1. The summed E-state index contributed by atoms with van der Waals surface area (Å²) in [6.07, 6.45) is 1.80. The third-order valence-corrected chi connectivity index (χ3v) is 7.33. The maximum Gasteiger partial charge on any atom is 0.234 e. The lowest BCUT2D eigenvalue weighted by Gasteiger charge is -2.09. The van der Waals surface area contributed by atoms with Crippen LogP contribution in [-0.2, 0) is 22.8 Å². The van der Waals surface area contributed by atoms with E-state index in [2.05, 4.69) is 35.9 Å². The standard InChI is InChI=1S/C24H26Cl2N4OS2/c1-4-11-30-22(14-32-13-18-5-8-19(25)12-21(18)26)28-29-24(30)33-15-23(31)27-20-9-6-17(7-10-20)16(2)3/h4-10,12,16H,1,11,13-15H2,2-3H3,(H,27,31). The molecule has 0 unspecified atom stereocenters. The van der Waals surface area contributed by atoms with Crippen molar-refractivity contribution in [3.8, 4) is 0 Å². The van der Waals surface area contributed by atoms with Crippen molar-refractivity contribution < 1.29 is 4.79 Å². The van der Waals surface area contributed by atoms with E-state index in [9.17, 15) is 4.79 Å². The third kappa shape index (κ3) is 7.54. The number of nitrogens with zero attached hydrogens (tertiary/aromatic N) is 3. The van der Waals surface area contributed by atoms with Crippen molar-refractivity contribution in [3.05, 3.63) is 82.1 Å². The topological polar surface area (TPSA) is 59.8 Å². The number of aromatic nitrogens is 3. The largest absolute Gasteiger partial charge is 0.325 e. The minimum absolute atomic E-state index is 0.0845. The second kappa shape index (κ2) is 12.5. The summed E-state index contributed by atoms with van der Waals surface area (Å²) in [7, 11) is 0. The van der Waals surface area contributed by atoms with Crippen molar-refractivity contribution in [3.63, 3.8) is 0 Å². The molecule has 1 aromatic heterocycles. The molecule has 3 rings (SSSR count). The van der Waals surface area contributed by atoms with Crippen LogP contribution in [0.25, 0.3) is 0 Å². The first-order valence-electron chi connectivity index (χ1n) is 10.4. The Morgan fingerprint density at radius 1 is 1.15 bits per heavy atom. The van der Waals surface area contributed by atoms with Gasteiger partial charge in [0, 0.05) is 28.0 Å². The lowest BCUT2D eigenvalue weighted by molar-refractivity contribution is -0.113. The van der Waals surface area contributed by atoms with Crippen molar-refractivity contribution in [1.29, 1.82) is 0 Å². The van der Waals surface area contributed by atoms with Crippen molar-refractivity contribution in [1.82, 2.24) is 14.8 Å². The van der Waals surface area contributed by atoms with E-state index in [0.717, 1.165) is 22.8 Å². The van der Waals surface area contributed by atoms with Gasteiger partial charge in [0.25, 0.3) is 0 Å². The van der Waals surface area contributed by atoms with Gasteiger partial charge in [-0.1, -0.05) is 73.1 Å². The fourth-order valence-electron chi connectivity index (χ4n) is 3.01. The van der Waals surface area contributed by atoms with E-state index in [1.807, 2.05) is 41.0 Å². The van der Waals surface area contributed by atoms with Crippen LogP contribution in [0.15, 0.2) is 60.3 Å². The molecular formula is C24H26Cl2N4OS2. The fourth-order valence-corrected chi connectivity index (χ4v) is 5.31. The number of anilines is 1. The number of amides is 1. The average molecular weight is 522 g/mol. The zero-order chi connectivity index (χ0) is 23.8. The van der Waals surface area contributed by atoms with Crippen LogP contribution < -0.4 is 5.32 Å². The third-order valence-electron chi connectivity index (χ3n) is 4.80. The SMILES string of the molecule is C=CCn1c(CSCc2ccc(Cl)cc2Cl)nnc1SCC(=O)Nc1ccc(C(C)C)cc1. The van der Waals surface area contributed by atoms with Gasteiger partial charge in [-0.2, -0.15) is 0 Å². The normalized spacial score (nSPS) is 11.1. The van der Waals surface area contributed by atoms with Crippen LogP contribution in [0.3, 0.4) is 0 Å². The lowest BCUT2D eigenvalue weighted by atomic mass is 10.0. The van der Waals surface area contributed by atoms with Crippen molar-refractivity contribution in [2.45, 2.75) is 43.0 Å². The molecule has 0 fully saturated rings. The molecular weight excluding hydrogens is 495 g/mol. The van der Waals surface area contributed by atoms with Crippen LogP contribution in [0.4, 0.5) is 5.69 Å². The van der Waals surface area contributed by atoms with Gasteiger partial charge in [0.1, 0.15) is 5.82 Å². The summed E-state index contributed by atoms with van der Waals surface area (Å²) >= 11 is 15.3. The van der Waals surface area contributed by atoms with Gasteiger partial charge in [0.15, 0.2) is 5.16 Å². The van der Waals surface area contributed by atoms with Gasteiger partial charge in [-0.15, -0.1) is 28.5 Å². The Balaban J connectivity index is 1.55. The molecule has 0 atom stereocenters. The molecule has 0 radical (unpaired) electrons. The maximum absolute atomic E-state index is 12.4.